The molecule has 9 nitrogen and oxygen atoms in total. The van der Waals surface area contributed by atoms with Gasteiger partial charge < -0.3 is 14.9 Å². The van der Waals surface area contributed by atoms with Crippen LogP contribution in [0.1, 0.15) is 65.8 Å². The average Bonchev–Trinajstić information content (AvgIpc) is 3.48. The largest absolute Gasteiger partial charge is 0.465 e. The highest BCUT2D eigenvalue weighted by Gasteiger charge is 2.42. The van der Waals surface area contributed by atoms with E-state index in [-0.39, 0.29) is 5.91 Å². The lowest BCUT2D eigenvalue weighted by Crippen LogP contribution is -2.36. The Kier molecular flexibility index (Phi) is 10.1. The third kappa shape index (κ3) is 7.37. The van der Waals surface area contributed by atoms with E-state index in [1.54, 1.807) is 12.1 Å². The molecule has 1 saturated carbocycles. The molecule has 0 spiro atoms. The topological polar surface area (TPSA) is 107 Å². The van der Waals surface area contributed by atoms with Gasteiger partial charge >= 0.3 is 6.09 Å². The molecule has 2 atom stereocenters. The summed E-state index contributed by atoms with van der Waals surface area (Å²) in [6.45, 7) is 10.2. The molecule has 1 aromatic heterocycles. The van der Waals surface area contributed by atoms with Gasteiger partial charge in [-0.05, 0) is 76.1 Å². The molecular formula is C30H40ClN5O4. The van der Waals surface area contributed by atoms with Crippen molar-refractivity contribution in [2.45, 2.75) is 59.3 Å². The second-order valence-electron chi connectivity index (χ2n) is 11.2. The summed E-state index contributed by atoms with van der Waals surface area (Å²) < 4.78 is 0. The van der Waals surface area contributed by atoms with E-state index in [2.05, 4.69) is 14.9 Å². The van der Waals surface area contributed by atoms with Gasteiger partial charge in [-0.25, -0.2) is 14.8 Å². The van der Waals surface area contributed by atoms with E-state index in [9.17, 15) is 19.5 Å². The van der Waals surface area contributed by atoms with Gasteiger partial charge in [-0.3, -0.25) is 14.5 Å². The van der Waals surface area contributed by atoms with Crippen LogP contribution in [0.3, 0.4) is 0 Å². The highest BCUT2D eigenvalue weighted by atomic mass is 35.5. The van der Waals surface area contributed by atoms with Crippen LogP contribution in [0.25, 0.3) is 0 Å². The number of carbonyl (C=O) groups excluding carboxylic acids is 2. The molecule has 216 valence electrons. The van der Waals surface area contributed by atoms with Crippen molar-refractivity contribution in [3.8, 4) is 0 Å². The van der Waals surface area contributed by atoms with Crippen LogP contribution in [-0.4, -0.2) is 81.9 Å². The van der Waals surface area contributed by atoms with Crippen LogP contribution >= 0.6 is 11.6 Å². The predicted molar refractivity (Wildman–Crippen MR) is 155 cm³/mol. The number of rotatable bonds is 6. The van der Waals surface area contributed by atoms with Crippen LogP contribution in [0.4, 0.5) is 10.5 Å². The highest BCUT2D eigenvalue weighted by molar-refractivity contribution is 6.31. The number of halogens is 1. The van der Waals surface area contributed by atoms with Crippen LogP contribution < -0.4 is 4.90 Å². The van der Waals surface area contributed by atoms with Crippen molar-refractivity contribution in [3.63, 3.8) is 0 Å². The fraction of sp³-hybridized carbons (Fsp3) is 0.567. The number of nitrogens with zero attached hydrogens (tertiary/aromatic N) is 5. The zero-order chi connectivity index (χ0) is 28.8. The Morgan fingerprint density at radius 1 is 1.00 bits per heavy atom. The first kappa shape index (κ1) is 29.9. The molecule has 5 rings (SSSR count). The zero-order valence-corrected chi connectivity index (χ0v) is 24.5. The van der Waals surface area contributed by atoms with E-state index in [0.717, 1.165) is 81.8 Å². The molecule has 2 unspecified atom stereocenters. The summed E-state index contributed by atoms with van der Waals surface area (Å²) >= 11 is 6.18. The van der Waals surface area contributed by atoms with Gasteiger partial charge in [0.25, 0.3) is 5.91 Å². The van der Waals surface area contributed by atoms with Crippen molar-refractivity contribution in [3.05, 3.63) is 52.1 Å². The number of aromatic nitrogens is 2. The van der Waals surface area contributed by atoms with Gasteiger partial charge in [0, 0.05) is 56.3 Å². The van der Waals surface area contributed by atoms with Gasteiger partial charge in [-0.2, -0.15) is 0 Å². The molecule has 2 aromatic rings. The Morgan fingerprint density at radius 2 is 1.62 bits per heavy atom. The Labute approximate surface area is 241 Å². The second kappa shape index (κ2) is 13.5. The maximum atomic E-state index is 13.1. The van der Waals surface area contributed by atoms with Crippen molar-refractivity contribution in [1.82, 2.24) is 19.8 Å². The van der Waals surface area contributed by atoms with Gasteiger partial charge in [0.1, 0.15) is 12.1 Å². The number of hydrogen-bond donors (Lipinski definition) is 1. The number of carbonyl (C=O) groups is 3. The standard InChI is InChI=1S/C24H30ClN5O3.C6H10O/c1-15-5-6-20(9-21(15)25)30(24(32)33)8-4-7-28-10-18-12-29(13-19(18)11-28)23(31)22-16(2)26-14-27-17(22)3;7-6-4-2-1-3-5-6/h5-6,9,14,18-19H,4,7-8,10-13H2,1-3H3,(H,32,33);1-5H2. The van der Waals surface area contributed by atoms with Crippen LogP contribution in [0, 0.1) is 32.6 Å². The van der Waals surface area contributed by atoms with Crippen molar-refractivity contribution >= 4 is 35.1 Å². The summed E-state index contributed by atoms with van der Waals surface area (Å²) in [5.74, 6) is 1.39. The molecule has 40 heavy (non-hydrogen) atoms. The zero-order valence-electron chi connectivity index (χ0n) is 23.7. The number of Topliss-reactive ketones (excluding diaryl/α,β-unsaturated/α-hetero) is 1. The third-order valence-corrected chi connectivity index (χ3v) is 8.66. The van der Waals surface area contributed by atoms with E-state index in [1.165, 1.54) is 17.6 Å². The summed E-state index contributed by atoms with van der Waals surface area (Å²) in [6.07, 6.45) is 6.50. The molecule has 2 saturated heterocycles. The maximum Gasteiger partial charge on any atom is 0.411 e. The molecule has 10 heteroatoms. The Balaban J connectivity index is 0.000000461. The first-order valence-electron chi connectivity index (χ1n) is 14.2. The number of aryl methyl sites for hydroxylation is 3. The number of benzene rings is 1. The Bertz CT molecular complexity index is 1200. The second-order valence-corrected chi connectivity index (χ2v) is 11.6. The monoisotopic (exact) mass is 569 g/mol. The molecule has 1 aromatic carbocycles. The number of hydrogen-bond acceptors (Lipinski definition) is 6. The summed E-state index contributed by atoms with van der Waals surface area (Å²) in [5.41, 5.74) is 3.60. The fourth-order valence-electron chi connectivity index (χ4n) is 5.98. The maximum absolute atomic E-state index is 13.1. The Morgan fingerprint density at radius 3 is 2.15 bits per heavy atom. The minimum absolute atomic E-state index is 0.0282. The van der Waals surface area contributed by atoms with Crippen LogP contribution in [-0.2, 0) is 4.79 Å². The number of fused-ring (bicyclic) bond motifs is 1. The van der Waals surface area contributed by atoms with E-state index >= 15 is 0 Å². The van der Waals surface area contributed by atoms with Crippen LogP contribution in [0.2, 0.25) is 5.02 Å². The molecule has 3 aliphatic rings. The predicted octanol–water partition coefficient (Wildman–Crippen LogP) is 5.15. The lowest BCUT2D eigenvalue weighted by molar-refractivity contribution is -0.120. The lowest BCUT2D eigenvalue weighted by Gasteiger charge is -2.24. The third-order valence-electron chi connectivity index (χ3n) is 8.25. The van der Waals surface area contributed by atoms with E-state index in [0.29, 0.717) is 40.4 Å². The van der Waals surface area contributed by atoms with E-state index in [1.807, 2.05) is 31.7 Å². The number of anilines is 1. The van der Waals surface area contributed by atoms with Gasteiger partial charge in [0.05, 0.1) is 17.0 Å². The summed E-state index contributed by atoms with van der Waals surface area (Å²) in [7, 11) is 0. The molecule has 3 heterocycles. The Hall–Kier alpha value is -3.04. The first-order chi connectivity index (χ1) is 19.1. The summed E-state index contributed by atoms with van der Waals surface area (Å²) in [6, 6.07) is 5.34. The van der Waals surface area contributed by atoms with Crippen LogP contribution in [0.15, 0.2) is 24.5 Å². The average molecular weight is 570 g/mol. The molecule has 0 radical (unpaired) electrons. The number of amides is 2. The molecule has 0 bridgehead atoms. The van der Waals surface area contributed by atoms with E-state index in [4.69, 9.17) is 11.6 Å². The van der Waals surface area contributed by atoms with Gasteiger partial charge in [0.2, 0.25) is 0 Å². The quantitative estimate of drug-likeness (QED) is 0.512. The van der Waals surface area contributed by atoms with Gasteiger partial charge in [-0.1, -0.05) is 24.1 Å². The number of likely N-dealkylation sites (tertiary alicyclic amines) is 2. The lowest BCUT2D eigenvalue weighted by atomic mass is 10.00. The molecule has 2 amide bonds. The SMILES string of the molecule is Cc1ccc(N(CCCN2CC3CN(C(=O)c4c(C)ncnc4C)CC3C2)C(=O)O)cc1Cl.O=C1CCCCC1. The fourth-order valence-corrected chi connectivity index (χ4v) is 6.16. The molecule has 1 aliphatic carbocycles. The van der Waals surface area contributed by atoms with Crippen LogP contribution in [0.5, 0.6) is 0 Å². The molecule has 3 fully saturated rings. The molecular weight excluding hydrogens is 530 g/mol. The minimum Gasteiger partial charge on any atom is -0.465 e. The minimum atomic E-state index is -0.974. The summed E-state index contributed by atoms with van der Waals surface area (Å²) in [5, 5.41) is 10.2. The number of ketones is 1. The normalized spacial score (nSPS) is 20.6. The molecule has 1 N–H and O–H groups in total. The van der Waals surface area contributed by atoms with Crippen molar-refractivity contribution < 1.29 is 19.5 Å². The molecule has 2 aliphatic heterocycles. The van der Waals surface area contributed by atoms with Crippen molar-refractivity contribution in [2.75, 3.05) is 44.2 Å². The highest BCUT2D eigenvalue weighted by Crippen LogP contribution is 2.32. The van der Waals surface area contributed by atoms with Gasteiger partial charge in [0.15, 0.2) is 0 Å². The summed E-state index contributed by atoms with van der Waals surface area (Å²) in [4.78, 5) is 49.4. The van der Waals surface area contributed by atoms with Gasteiger partial charge in [-0.15, -0.1) is 0 Å². The first-order valence-corrected chi connectivity index (χ1v) is 14.6. The van der Waals surface area contributed by atoms with E-state index < -0.39 is 6.09 Å². The smallest absolute Gasteiger partial charge is 0.411 e. The number of carboxylic acid groups (broad SMARTS) is 1. The van der Waals surface area contributed by atoms with Crippen molar-refractivity contribution in [2.24, 2.45) is 11.8 Å². The van der Waals surface area contributed by atoms with Crippen molar-refractivity contribution in [1.29, 1.82) is 0 Å².